The van der Waals surface area contributed by atoms with Gasteiger partial charge in [0.1, 0.15) is 5.75 Å². The molecule has 0 aliphatic heterocycles. The predicted molar refractivity (Wildman–Crippen MR) is 80.5 cm³/mol. The number of aromatic hydroxyl groups is 1. The molecule has 106 valence electrons. The van der Waals surface area contributed by atoms with Crippen molar-refractivity contribution in [3.63, 3.8) is 0 Å². The number of nitrogens with one attached hydrogen (secondary N) is 1. The summed E-state index contributed by atoms with van der Waals surface area (Å²) in [6.07, 6.45) is 8.99. The smallest absolute Gasteiger partial charge is 0.115 e. The molecule has 2 unspecified atom stereocenters. The molecule has 0 bridgehead atoms. The monoisotopic (exact) mass is 261 g/mol. The number of phenols is 1. The fourth-order valence-electron chi connectivity index (χ4n) is 3.20. The fraction of sp³-hybridized carbons (Fsp3) is 0.647. The van der Waals surface area contributed by atoms with E-state index in [1.165, 1.54) is 44.1 Å². The molecule has 1 fully saturated rings. The number of hydrogen-bond acceptors (Lipinski definition) is 2. The van der Waals surface area contributed by atoms with Crippen molar-refractivity contribution in [3.05, 3.63) is 29.8 Å². The van der Waals surface area contributed by atoms with Crippen molar-refractivity contribution in [2.45, 2.75) is 57.9 Å². The highest BCUT2D eigenvalue weighted by Crippen LogP contribution is 2.27. The summed E-state index contributed by atoms with van der Waals surface area (Å²) in [4.78, 5) is 0. The summed E-state index contributed by atoms with van der Waals surface area (Å²) in [5.41, 5.74) is 1.28. The minimum Gasteiger partial charge on any atom is -0.508 e. The molecule has 1 aromatic rings. The molecule has 19 heavy (non-hydrogen) atoms. The van der Waals surface area contributed by atoms with E-state index in [2.05, 4.69) is 18.3 Å². The summed E-state index contributed by atoms with van der Waals surface area (Å²) in [6, 6.07) is 8.46. The summed E-state index contributed by atoms with van der Waals surface area (Å²) in [6.45, 7) is 3.37. The molecule has 2 N–H and O–H groups in total. The largest absolute Gasteiger partial charge is 0.508 e. The van der Waals surface area contributed by atoms with Crippen molar-refractivity contribution < 1.29 is 5.11 Å². The maximum Gasteiger partial charge on any atom is 0.115 e. The lowest BCUT2D eigenvalue weighted by molar-refractivity contribution is 0.384. The number of phenolic OH excluding ortho intramolecular Hbond substituents is 1. The second-order valence-electron chi connectivity index (χ2n) is 5.91. The zero-order valence-corrected chi connectivity index (χ0v) is 12.1. The van der Waals surface area contributed by atoms with E-state index in [1.54, 1.807) is 6.07 Å². The van der Waals surface area contributed by atoms with E-state index in [4.69, 9.17) is 0 Å². The molecule has 2 nitrogen and oxygen atoms in total. The standard InChI is InChI=1S/C17H27NO/c1-2-10-18-16-8-4-3-6-14(12-16)11-15-7-5-9-17(19)13-15/h5,7,9,13-14,16,18-19H,2-4,6,8,10-12H2,1H3. The van der Waals surface area contributed by atoms with Gasteiger partial charge in [-0.25, -0.2) is 0 Å². The minimum absolute atomic E-state index is 0.395. The molecule has 2 rings (SSSR count). The van der Waals surface area contributed by atoms with Crippen molar-refractivity contribution in [3.8, 4) is 5.75 Å². The van der Waals surface area contributed by atoms with Gasteiger partial charge in [-0.3, -0.25) is 0 Å². The fourth-order valence-corrected chi connectivity index (χ4v) is 3.20. The average Bonchev–Trinajstić information content (AvgIpc) is 2.62. The van der Waals surface area contributed by atoms with Gasteiger partial charge in [-0.2, -0.15) is 0 Å². The van der Waals surface area contributed by atoms with Gasteiger partial charge in [-0.15, -0.1) is 0 Å². The van der Waals surface area contributed by atoms with Crippen LogP contribution in [0.2, 0.25) is 0 Å². The lowest BCUT2D eigenvalue weighted by Gasteiger charge is -2.21. The molecule has 0 amide bonds. The minimum atomic E-state index is 0.395. The molecule has 0 heterocycles. The second-order valence-corrected chi connectivity index (χ2v) is 5.91. The molecule has 1 aliphatic rings. The van der Waals surface area contributed by atoms with Crippen LogP contribution < -0.4 is 5.32 Å². The lowest BCUT2D eigenvalue weighted by Crippen LogP contribution is -2.31. The Kier molecular flexibility index (Phi) is 5.71. The normalized spacial score (nSPS) is 24.1. The summed E-state index contributed by atoms with van der Waals surface area (Å²) < 4.78 is 0. The van der Waals surface area contributed by atoms with Crippen LogP contribution in [0.1, 0.15) is 51.0 Å². The Morgan fingerprint density at radius 1 is 1.26 bits per heavy atom. The Morgan fingerprint density at radius 2 is 2.11 bits per heavy atom. The van der Waals surface area contributed by atoms with Gasteiger partial charge in [-0.05, 0) is 55.8 Å². The number of hydrogen-bond donors (Lipinski definition) is 2. The Bertz CT molecular complexity index is 377. The van der Waals surface area contributed by atoms with Crippen molar-refractivity contribution in [2.24, 2.45) is 5.92 Å². The summed E-state index contributed by atoms with van der Waals surface area (Å²) in [5, 5.41) is 13.2. The van der Waals surface area contributed by atoms with Gasteiger partial charge in [0.15, 0.2) is 0 Å². The molecule has 1 aliphatic carbocycles. The van der Waals surface area contributed by atoms with Crippen LogP contribution >= 0.6 is 0 Å². The van der Waals surface area contributed by atoms with E-state index in [1.807, 2.05) is 12.1 Å². The van der Waals surface area contributed by atoms with E-state index in [0.717, 1.165) is 18.9 Å². The predicted octanol–water partition coefficient (Wildman–Crippen LogP) is 3.88. The van der Waals surface area contributed by atoms with Crippen LogP contribution in [0.15, 0.2) is 24.3 Å². The van der Waals surface area contributed by atoms with Crippen molar-refractivity contribution >= 4 is 0 Å². The third kappa shape index (κ3) is 4.87. The third-order valence-electron chi connectivity index (χ3n) is 4.15. The van der Waals surface area contributed by atoms with Crippen LogP contribution in [0.5, 0.6) is 5.75 Å². The number of benzene rings is 1. The highest BCUT2D eigenvalue weighted by molar-refractivity contribution is 5.27. The van der Waals surface area contributed by atoms with E-state index in [-0.39, 0.29) is 0 Å². The first-order chi connectivity index (χ1) is 9.28. The Balaban J connectivity index is 1.90. The molecule has 0 spiro atoms. The summed E-state index contributed by atoms with van der Waals surface area (Å²) in [7, 11) is 0. The van der Waals surface area contributed by atoms with Crippen LogP contribution in [0.25, 0.3) is 0 Å². The maximum absolute atomic E-state index is 9.55. The molecular weight excluding hydrogens is 234 g/mol. The van der Waals surface area contributed by atoms with Crippen molar-refractivity contribution in [2.75, 3.05) is 6.54 Å². The van der Waals surface area contributed by atoms with Crippen LogP contribution in [0.4, 0.5) is 0 Å². The van der Waals surface area contributed by atoms with Crippen LogP contribution in [-0.4, -0.2) is 17.7 Å². The van der Waals surface area contributed by atoms with E-state index in [9.17, 15) is 5.11 Å². The highest BCUT2D eigenvalue weighted by atomic mass is 16.3. The lowest BCUT2D eigenvalue weighted by atomic mass is 9.91. The summed E-state index contributed by atoms with van der Waals surface area (Å²) in [5.74, 6) is 1.16. The molecule has 2 heteroatoms. The van der Waals surface area contributed by atoms with Gasteiger partial charge in [0.05, 0.1) is 0 Å². The van der Waals surface area contributed by atoms with E-state index in [0.29, 0.717) is 11.8 Å². The van der Waals surface area contributed by atoms with Crippen LogP contribution in [-0.2, 0) is 6.42 Å². The van der Waals surface area contributed by atoms with E-state index >= 15 is 0 Å². The quantitative estimate of drug-likeness (QED) is 0.788. The SMILES string of the molecule is CCCNC1CCCCC(Cc2cccc(O)c2)C1. The maximum atomic E-state index is 9.55. The van der Waals surface area contributed by atoms with Gasteiger partial charge in [0.25, 0.3) is 0 Å². The molecule has 1 saturated carbocycles. The van der Waals surface area contributed by atoms with Gasteiger partial charge in [-0.1, -0.05) is 38.3 Å². The van der Waals surface area contributed by atoms with Gasteiger partial charge >= 0.3 is 0 Å². The second kappa shape index (κ2) is 7.54. The highest BCUT2D eigenvalue weighted by Gasteiger charge is 2.20. The first kappa shape index (κ1) is 14.4. The first-order valence-electron chi connectivity index (χ1n) is 7.79. The summed E-state index contributed by atoms with van der Waals surface area (Å²) >= 11 is 0. The van der Waals surface area contributed by atoms with Crippen molar-refractivity contribution in [1.29, 1.82) is 0 Å². The third-order valence-corrected chi connectivity index (χ3v) is 4.15. The molecule has 1 aromatic carbocycles. The Morgan fingerprint density at radius 3 is 2.89 bits per heavy atom. The average molecular weight is 261 g/mol. The van der Waals surface area contributed by atoms with Gasteiger partial charge < -0.3 is 10.4 Å². The molecule has 2 atom stereocenters. The molecular formula is C17H27NO. The van der Waals surface area contributed by atoms with Gasteiger partial charge in [0.2, 0.25) is 0 Å². The van der Waals surface area contributed by atoms with Crippen molar-refractivity contribution in [1.82, 2.24) is 5.32 Å². The molecule has 0 saturated heterocycles. The zero-order valence-electron chi connectivity index (χ0n) is 12.1. The Hall–Kier alpha value is -1.02. The molecule has 0 aromatic heterocycles. The Labute approximate surface area is 117 Å². The van der Waals surface area contributed by atoms with E-state index < -0.39 is 0 Å². The molecule has 0 radical (unpaired) electrons. The first-order valence-corrected chi connectivity index (χ1v) is 7.79. The topological polar surface area (TPSA) is 32.3 Å². The number of rotatable bonds is 5. The van der Waals surface area contributed by atoms with Crippen LogP contribution in [0, 0.1) is 5.92 Å². The zero-order chi connectivity index (χ0) is 13.5. The van der Waals surface area contributed by atoms with Gasteiger partial charge in [0, 0.05) is 6.04 Å². The van der Waals surface area contributed by atoms with Crippen LogP contribution in [0.3, 0.4) is 0 Å².